The van der Waals surface area contributed by atoms with E-state index in [1.807, 2.05) is 19.1 Å². The van der Waals surface area contributed by atoms with Crippen molar-refractivity contribution in [3.63, 3.8) is 0 Å². The largest absolute Gasteiger partial charge is 0.493 e. The molecule has 0 amide bonds. The minimum atomic E-state index is -3.72. The smallest absolute Gasteiger partial charge is 0.262 e. The first-order chi connectivity index (χ1) is 12.5. The van der Waals surface area contributed by atoms with Crippen molar-refractivity contribution in [1.29, 1.82) is 0 Å². The number of hydrogen-bond donors (Lipinski definition) is 1. The number of benzene rings is 3. The van der Waals surface area contributed by atoms with Crippen molar-refractivity contribution in [3.05, 3.63) is 78.4 Å². The van der Waals surface area contributed by atoms with Crippen molar-refractivity contribution in [2.24, 2.45) is 0 Å². The first-order valence-corrected chi connectivity index (χ1v) is 9.47. The van der Waals surface area contributed by atoms with Gasteiger partial charge in [-0.25, -0.2) is 8.42 Å². The molecule has 0 saturated carbocycles. The summed E-state index contributed by atoms with van der Waals surface area (Å²) in [7, 11) is -2.17. The molecule has 0 saturated heterocycles. The summed E-state index contributed by atoms with van der Waals surface area (Å²) in [5, 5.41) is 0. The number of para-hydroxylation sites is 4. The van der Waals surface area contributed by atoms with Crippen LogP contribution in [0.5, 0.6) is 17.2 Å². The summed E-state index contributed by atoms with van der Waals surface area (Å²) < 4.78 is 39.0. The van der Waals surface area contributed by atoms with Crippen LogP contribution in [0, 0.1) is 6.92 Å². The molecule has 0 heterocycles. The second kappa shape index (κ2) is 7.49. The first-order valence-electron chi connectivity index (χ1n) is 7.99. The summed E-state index contributed by atoms with van der Waals surface area (Å²) in [6.07, 6.45) is 0. The molecule has 1 N–H and O–H groups in total. The fraction of sp³-hybridized carbons (Fsp3) is 0.100. The van der Waals surface area contributed by atoms with Crippen LogP contribution in [0.15, 0.2) is 77.7 Å². The quantitative estimate of drug-likeness (QED) is 0.690. The lowest BCUT2D eigenvalue weighted by Gasteiger charge is -2.15. The van der Waals surface area contributed by atoms with E-state index >= 15 is 0 Å². The maximum atomic E-state index is 12.6. The van der Waals surface area contributed by atoms with Gasteiger partial charge in [0.25, 0.3) is 10.0 Å². The highest BCUT2D eigenvalue weighted by molar-refractivity contribution is 7.92. The Hall–Kier alpha value is -2.99. The summed E-state index contributed by atoms with van der Waals surface area (Å²) >= 11 is 0. The first kappa shape index (κ1) is 17.8. The lowest BCUT2D eigenvalue weighted by Crippen LogP contribution is -2.13. The van der Waals surface area contributed by atoms with Gasteiger partial charge in [-0.1, -0.05) is 42.0 Å². The highest BCUT2D eigenvalue weighted by Gasteiger charge is 2.17. The lowest BCUT2D eigenvalue weighted by atomic mass is 10.2. The Labute approximate surface area is 153 Å². The van der Waals surface area contributed by atoms with Crippen LogP contribution in [-0.4, -0.2) is 15.5 Å². The molecule has 0 spiro atoms. The Bertz CT molecular complexity index is 998. The monoisotopic (exact) mass is 369 g/mol. The number of hydrogen-bond acceptors (Lipinski definition) is 4. The maximum absolute atomic E-state index is 12.6. The number of sulfonamides is 1. The number of rotatable bonds is 6. The fourth-order valence-electron chi connectivity index (χ4n) is 2.38. The van der Waals surface area contributed by atoms with Gasteiger partial charge in [0.15, 0.2) is 17.2 Å². The van der Waals surface area contributed by atoms with Gasteiger partial charge in [-0.3, -0.25) is 4.72 Å². The van der Waals surface area contributed by atoms with E-state index in [0.717, 1.165) is 5.56 Å². The Morgan fingerprint density at radius 3 is 2.00 bits per heavy atom. The molecule has 0 unspecified atom stereocenters. The van der Waals surface area contributed by atoms with Gasteiger partial charge in [0.05, 0.1) is 17.7 Å². The SMILES string of the molecule is COc1ccccc1Oc1ccccc1NS(=O)(=O)c1ccc(C)cc1. The van der Waals surface area contributed by atoms with E-state index < -0.39 is 10.0 Å². The summed E-state index contributed by atoms with van der Waals surface area (Å²) in [6.45, 7) is 1.90. The Balaban J connectivity index is 1.91. The topological polar surface area (TPSA) is 64.6 Å². The van der Waals surface area contributed by atoms with Crippen LogP contribution in [0.4, 0.5) is 5.69 Å². The minimum Gasteiger partial charge on any atom is -0.493 e. The van der Waals surface area contributed by atoms with Gasteiger partial charge < -0.3 is 9.47 Å². The predicted octanol–water partition coefficient (Wildman–Crippen LogP) is 4.60. The Morgan fingerprint density at radius 2 is 1.35 bits per heavy atom. The van der Waals surface area contributed by atoms with Gasteiger partial charge in [0, 0.05) is 0 Å². The number of nitrogens with one attached hydrogen (secondary N) is 1. The van der Waals surface area contributed by atoms with E-state index in [2.05, 4.69) is 4.72 Å². The molecule has 3 rings (SSSR count). The summed E-state index contributed by atoms with van der Waals surface area (Å²) in [5.41, 5.74) is 1.34. The van der Waals surface area contributed by atoms with Crippen LogP contribution in [-0.2, 0) is 10.0 Å². The number of anilines is 1. The molecule has 0 aliphatic heterocycles. The average molecular weight is 369 g/mol. The van der Waals surface area contributed by atoms with Gasteiger partial charge in [-0.2, -0.15) is 0 Å². The van der Waals surface area contributed by atoms with Crippen LogP contribution in [0.25, 0.3) is 0 Å². The third-order valence-corrected chi connectivity index (χ3v) is 5.13. The van der Waals surface area contributed by atoms with Crippen molar-refractivity contribution in [3.8, 4) is 17.2 Å². The van der Waals surface area contributed by atoms with Gasteiger partial charge in [-0.05, 0) is 43.3 Å². The van der Waals surface area contributed by atoms with E-state index in [9.17, 15) is 8.42 Å². The summed E-state index contributed by atoms with van der Waals surface area (Å²) in [5.74, 6) is 1.44. The van der Waals surface area contributed by atoms with E-state index in [4.69, 9.17) is 9.47 Å². The third kappa shape index (κ3) is 3.97. The molecule has 5 nitrogen and oxygen atoms in total. The maximum Gasteiger partial charge on any atom is 0.262 e. The molecule has 134 valence electrons. The Kier molecular flexibility index (Phi) is 5.14. The second-order valence-electron chi connectivity index (χ2n) is 5.67. The number of ether oxygens (including phenoxy) is 2. The highest BCUT2D eigenvalue weighted by atomic mass is 32.2. The average Bonchev–Trinajstić information content (AvgIpc) is 2.64. The fourth-order valence-corrected chi connectivity index (χ4v) is 3.45. The highest BCUT2D eigenvalue weighted by Crippen LogP contribution is 2.35. The van der Waals surface area contributed by atoms with Crippen molar-refractivity contribution in [2.75, 3.05) is 11.8 Å². The van der Waals surface area contributed by atoms with Crippen LogP contribution >= 0.6 is 0 Å². The molecule has 3 aromatic rings. The second-order valence-corrected chi connectivity index (χ2v) is 7.35. The van der Waals surface area contributed by atoms with Crippen molar-refractivity contribution in [1.82, 2.24) is 0 Å². The van der Waals surface area contributed by atoms with Crippen molar-refractivity contribution in [2.45, 2.75) is 11.8 Å². The van der Waals surface area contributed by atoms with Crippen LogP contribution in [0.2, 0.25) is 0 Å². The lowest BCUT2D eigenvalue weighted by molar-refractivity contribution is 0.379. The third-order valence-electron chi connectivity index (χ3n) is 3.75. The molecular formula is C20H19NO4S. The van der Waals surface area contributed by atoms with E-state index in [0.29, 0.717) is 22.9 Å². The van der Waals surface area contributed by atoms with Crippen LogP contribution < -0.4 is 14.2 Å². The van der Waals surface area contributed by atoms with Crippen LogP contribution in [0.3, 0.4) is 0 Å². The van der Waals surface area contributed by atoms with E-state index in [-0.39, 0.29) is 4.90 Å². The molecule has 0 fully saturated rings. The van der Waals surface area contributed by atoms with Crippen LogP contribution in [0.1, 0.15) is 5.56 Å². The zero-order valence-corrected chi connectivity index (χ0v) is 15.3. The molecule has 0 radical (unpaired) electrons. The van der Waals surface area contributed by atoms with E-state index in [1.54, 1.807) is 67.8 Å². The molecule has 26 heavy (non-hydrogen) atoms. The van der Waals surface area contributed by atoms with Gasteiger partial charge >= 0.3 is 0 Å². The molecule has 0 aliphatic rings. The Morgan fingerprint density at radius 1 is 0.769 bits per heavy atom. The molecule has 0 atom stereocenters. The van der Waals surface area contributed by atoms with Gasteiger partial charge in [-0.15, -0.1) is 0 Å². The van der Waals surface area contributed by atoms with Crippen molar-refractivity contribution >= 4 is 15.7 Å². The molecular weight excluding hydrogens is 350 g/mol. The van der Waals surface area contributed by atoms with Gasteiger partial charge in [0.2, 0.25) is 0 Å². The van der Waals surface area contributed by atoms with E-state index in [1.165, 1.54) is 0 Å². The molecule has 0 aliphatic carbocycles. The molecule has 3 aromatic carbocycles. The number of methoxy groups -OCH3 is 1. The normalized spacial score (nSPS) is 11.0. The van der Waals surface area contributed by atoms with Gasteiger partial charge in [0.1, 0.15) is 0 Å². The number of aryl methyl sites for hydroxylation is 1. The molecule has 0 bridgehead atoms. The zero-order valence-electron chi connectivity index (χ0n) is 14.5. The summed E-state index contributed by atoms with van der Waals surface area (Å²) in [4.78, 5) is 0.190. The van der Waals surface area contributed by atoms with Crippen molar-refractivity contribution < 1.29 is 17.9 Å². The molecule has 6 heteroatoms. The predicted molar refractivity (Wildman–Crippen MR) is 101 cm³/mol. The zero-order chi connectivity index (χ0) is 18.6. The summed E-state index contributed by atoms with van der Waals surface area (Å²) in [6, 6.07) is 20.7. The standard InChI is InChI=1S/C20H19NO4S/c1-15-11-13-16(14-12-15)26(22,23)21-17-7-3-4-8-18(17)25-20-10-6-5-9-19(20)24-2/h3-14,21H,1-2H3. The molecule has 0 aromatic heterocycles. The minimum absolute atomic E-state index is 0.190.